The summed E-state index contributed by atoms with van der Waals surface area (Å²) in [5.74, 6) is -0.345. The van der Waals surface area contributed by atoms with Crippen LogP contribution in [0, 0.1) is 0 Å². The van der Waals surface area contributed by atoms with Crippen LogP contribution in [0.15, 0.2) is 42.0 Å². The third-order valence-corrected chi connectivity index (χ3v) is 4.68. The number of ether oxygens (including phenoxy) is 2. The van der Waals surface area contributed by atoms with Crippen LogP contribution < -0.4 is 0 Å². The first kappa shape index (κ1) is 18.6. The maximum absolute atomic E-state index is 11.4. The van der Waals surface area contributed by atoms with Crippen LogP contribution in [-0.4, -0.2) is 30.0 Å². The molecule has 0 radical (unpaired) electrons. The predicted molar refractivity (Wildman–Crippen MR) is 90.4 cm³/mol. The van der Waals surface area contributed by atoms with Crippen molar-refractivity contribution in [1.82, 2.24) is 0 Å². The minimum Gasteiger partial charge on any atom is -0.466 e. The van der Waals surface area contributed by atoms with Crippen molar-refractivity contribution in [2.45, 2.75) is 57.3 Å². The fourth-order valence-corrected chi connectivity index (χ4v) is 3.08. The van der Waals surface area contributed by atoms with E-state index in [9.17, 15) is 10.1 Å². The van der Waals surface area contributed by atoms with Gasteiger partial charge in [-0.05, 0) is 45.1 Å². The summed E-state index contributed by atoms with van der Waals surface area (Å²) in [7, 11) is 1.36. The Hall–Kier alpha value is -1.69. The van der Waals surface area contributed by atoms with Crippen LogP contribution in [0.2, 0.25) is 0 Å². The van der Waals surface area contributed by atoms with Crippen LogP contribution in [0.1, 0.15) is 51.2 Å². The molecule has 24 heavy (non-hydrogen) atoms. The Balaban J connectivity index is 1.96. The second-order valence-electron chi connectivity index (χ2n) is 6.42. The molecular weight excluding hydrogens is 308 g/mol. The number of esters is 1. The van der Waals surface area contributed by atoms with E-state index >= 15 is 0 Å². The summed E-state index contributed by atoms with van der Waals surface area (Å²) in [6.45, 7) is 3.55. The molecule has 0 bridgehead atoms. The van der Waals surface area contributed by atoms with Crippen LogP contribution in [0.4, 0.5) is 0 Å². The third kappa shape index (κ3) is 4.44. The number of allylic oxidation sites excluding steroid dienone is 1. The molecule has 0 spiro atoms. The summed E-state index contributed by atoms with van der Waals surface area (Å²) in [5, 5.41) is 9.43. The van der Waals surface area contributed by atoms with Gasteiger partial charge in [0.05, 0.1) is 19.3 Å². The summed E-state index contributed by atoms with van der Waals surface area (Å²) in [4.78, 5) is 16.2. The van der Waals surface area contributed by atoms with Gasteiger partial charge >= 0.3 is 5.97 Å². The topological polar surface area (TPSA) is 65.0 Å². The van der Waals surface area contributed by atoms with Crippen molar-refractivity contribution in [2.75, 3.05) is 7.11 Å². The molecule has 3 atom stereocenters. The highest BCUT2D eigenvalue weighted by Crippen LogP contribution is 2.39. The van der Waals surface area contributed by atoms with Gasteiger partial charge in [-0.15, -0.1) is 0 Å². The van der Waals surface area contributed by atoms with Gasteiger partial charge < -0.3 is 9.47 Å². The van der Waals surface area contributed by atoms with Gasteiger partial charge in [0.25, 0.3) is 0 Å². The van der Waals surface area contributed by atoms with Gasteiger partial charge in [-0.2, -0.15) is 0 Å². The Kier molecular flexibility index (Phi) is 6.54. The number of hydrogen-bond donors (Lipinski definition) is 1. The third-order valence-electron chi connectivity index (χ3n) is 4.68. The number of hydrogen-bond acceptors (Lipinski definition) is 5. The van der Waals surface area contributed by atoms with Crippen LogP contribution in [0.3, 0.4) is 0 Å². The van der Waals surface area contributed by atoms with Crippen molar-refractivity contribution in [1.29, 1.82) is 0 Å². The minimum atomic E-state index is -0.809. The summed E-state index contributed by atoms with van der Waals surface area (Å²) in [6.07, 6.45) is 4.48. The molecule has 0 aromatic heterocycles. The maximum atomic E-state index is 11.4. The maximum Gasteiger partial charge on any atom is 0.333 e. The Morgan fingerprint density at radius 2 is 2.08 bits per heavy atom. The number of benzene rings is 1. The quantitative estimate of drug-likeness (QED) is 0.353. The SMILES string of the molecule is COC(=O)/C(C)=C/CC[C@](C)(OO)[C@H]1CC[C@H](c2ccccc2)O1. The predicted octanol–water partition coefficient (Wildman–Crippen LogP) is 4.05. The molecule has 1 aromatic rings. The van der Waals surface area contributed by atoms with E-state index in [1.54, 1.807) is 13.0 Å². The summed E-state index contributed by atoms with van der Waals surface area (Å²) in [6, 6.07) is 10.1. The Morgan fingerprint density at radius 1 is 1.38 bits per heavy atom. The second kappa shape index (κ2) is 8.42. The molecule has 132 valence electrons. The zero-order valence-electron chi connectivity index (χ0n) is 14.5. The van der Waals surface area contributed by atoms with Crippen molar-refractivity contribution in [3.05, 3.63) is 47.5 Å². The molecule has 1 saturated heterocycles. The monoisotopic (exact) mass is 334 g/mol. The molecule has 2 rings (SSSR count). The summed E-state index contributed by atoms with van der Waals surface area (Å²) >= 11 is 0. The van der Waals surface area contributed by atoms with Gasteiger partial charge in [0.1, 0.15) is 5.60 Å². The van der Waals surface area contributed by atoms with Gasteiger partial charge in [-0.3, -0.25) is 5.26 Å². The lowest BCUT2D eigenvalue weighted by Crippen LogP contribution is -2.41. The molecular formula is C19H26O5. The molecule has 5 heteroatoms. The van der Waals surface area contributed by atoms with Gasteiger partial charge in [0, 0.05) is 5.57 Å². The molecule has 0 saturated carbocycles. The normalized spacial score (nSPS) is 23.8. The number of methoxy groups -OCH3 is 1. The molecule has 1 aromatic carbocycles. The van der Waals surface area contributed by atoms with Gasteiger partial charge in [-0.1, -0.05) is 36.4 Å². The van der Waals surface area contributed by atoms with E-state index in [0.29, 0.717) is 18.4 Å². The lowest BCUT2D eigenvalue weighted by atomic mass is 9.91. The van der Waals surface area contributed by atoms with E-state index in [1.807, 2.05) is 37.3 Å². The Morgan fingerprint density at radius 3 is 2.71 bits per heavy atom. The van der Waals surface area contributed by atoms with E-state index < -0.39 is 5.60 Å². The smallest absolute Gasteiger partial charge is 0.333 e. The molecule has 1 N–H and O–H groups in total. The lowest BCUT2D eigenvalue weighted by molar-refractivity contribution is -0.342. The first-order chi connectivity index (χ1) is 11.5. The van der Waals surface area contributed by atoms with Crippen molar-refractivity contribution < 1.29 is 24.4 Å². The Labute approximate surface area is 143 Å². The molecule has 0 amide bonds. The van der Waals surface area contributed by atoms with Crippen LogP contribution >= 0.6 is 0 Å². The van der Waals surface area contributed by atoms with E-state index in [0.717, 1.165) is 18.4 Å². The van der Waals surface area contributed by atoms with Crippen molar-refractivity contribution in [3.63, 3.8) is 0 Å². The molecule has 1 aliphatic rings. The number of carbonyl (C=O) groups excluding carboxylic acids is 1. The van der Waals surface area contributed by atoms with Crippen molar-refractivity contribution >= 4 is 5.97 Å². The number of rotatable bonds is 7. The van der Waals surface area contributed by atoms with Gasteiger partial charge in [0.15, 0.2) is 0 Å². The fourth-order valence-electron chi connectivity index (χ4n) is 3.08. The van der Waals surface area contributed by atoms with Crippen molar-refractivity contribution in [2.24, 2.45) is 0 Å². The minimum absolute atomic E-state index is 0.0259. The first-order valence-corrected chi connectivity index (χ1v) is 8.28. The fraction of sp³-hybridized carbons (Fsp3) is 0.526. The highest BCUT2D eigenvalue weighted by Gasteiger charge is 2.42. The van der Waals surface area contributed by atoms with Crippen LogP contribution in [-0.2, 0) is 19.2 Å². The van der Waals surface area contributed by atoms with E-state index in [2.05, 4.69) is 4.74 Å². The van der Waals surface area contributed by atoms with E-state index in [-0.39, 0.29) is 18.2 Å². The lowest BCUT2D eigenvalue weighted by Gasteiger charge is -2.31. The molecule has 1 heterocycles. The molecule has 5 nitrogen and oxygen atoms in total. The molecule has 0 unspecified atom stereocenters. The first-order valence-electron chi connectivity index (χ1n) is 8.28. The van der Waals surface area contributed by atoms with Gasteiger partial charge in [0.2, 0.25) is 0 Å². The largest absolute Gasteiger partial charge is 0.466 e. The summed E-state index contributed by atoms with van der Waals surface area (Å²) in [5.41, 5.74) is 0.880. The summed E-state index contributed by atoms with van der Waals surface area (Å²) < 4.78 is 10.8. The second-order valence-corrected chi connectivity index (χ2v) is 6.42. The number of carbonyl (C=O) groups is 1. The van der Waals surface area contributed by atoms with Crippen LogP contribution in [0.5, 0.6) is 0 Å². The zero-order chi connectivity index (χ0) is 17.6. The van der Waals surface area contributed by atoms with E-state index in [4.69, 9.17) is 9.62 Å². The van der Waals surface area contributed by atoms with Crippen molar-refractivity contribution in [3.8, 4) is 0 Å². The van der Waals surface area contributed by atoms with Crippen LogP contribution in [0.25, 0.3) is 0 Å². The Bertz CT molecular complexity index is 568. The standard InChI is InChI=1S/C19H26O5/c1-14(18(20)22-3)8-7-13-19(2,24-21)17-12-11-16(23-17)15-9-5-4-6-10-15/h4-6,8-10,16-17,21H,7,11-13H2,1-3H3/b14-8+/t16-,17-,19+/m1/s1. The van der Waals surface area contributed by atoms with Gasteiger partial charge in [-0.25, -0.2) is 9.68 Å². The highest BCUT2D eigenvalue weighted by atomic mass is 17.1. The highest BCUT2D eigenvalue weighted by molar-refractivity contribution is 5.87. The zero-order valence-corrected chi connectivity index (χ0v) is 14.5. The average Bonchev–Trinajstić information content (AvgIpc) is 3.12. The average molecular weight is 334 g/mol. The van der Waals surface area contributed by atoms with E-state index in [1.165, 1.54) is 7.11 Å². The molecule has 1 fully saturated rings. The molecule has 0 aliphatic carbocycles. The molecule has 1 aliphatic heterocycles.